The van der Waals surface area contributed by atoms with Crippen LogP contribution in [-0.2, 0) is 36.8 Å². The summed E-state index contributed by atoms with van der Waals surface area (Å²) in [4.78, 5) is 112. The number of piperidine rings is 4. The van der Waals surface area contributed by atoms with E-state index in [-0.39, 0.29) is 78.0 Å². The van der Waals surface area contributed by atoms with Gasteiger partial charge in [-0.3, -0.25) is 58.9 Å². The Hall–Kier alpha value is -11.4. The van der Waals surface area contributed by atoms with E-state index in [2.05, 4.69) is 149 Å². The SMILES string of the molecule is [C-]#[N+]C1(c2ccc(N(CC3CCN(C4CN(c5cc6c(cc5F)C(=O)N(C5CCC(=O)NC5=O)C6)C4)CC3)c3cc(-c4c(C)noc4C)ccc3C)cc2)CC1.[C-]#[N+]C1(c2ccc(N(CC3CCN(C4CN(c5cc6c(cc5F)C(=O)N(C5CCC(=O)NC5=O)C6=O)C4)CC3)c3cc(-c4c(C)noc4C)ccc3C)cc2)CC1. The van der Waals surface area contributed by atoms with Crippen LogP contribution in [0.15, 0.2) is 118 Å². The van der Waals surface area contributed by atoms with Crippen LogP contribution in [0.3, 0.4) is 0 Å². The van der Waals surface area contributed by atoms with Crippen molar-refractivity contribution in [2.45, 2.75) is 160 Å². The number of fused-ring (bicyclic) bond motifs is 2. The molecule has 7 amide bonds. The molecule has 18 rings (SSSR count). The molecule has 2 aliphatic carbocycles. The van der Waals surface area contributed by atoms with Crippen LogP contribution in [0.5, 0.6) is 0 Å². The highest BCUT2D eigenvalue weighted by atomic mass is 19.1. The second-order valence-corrected chi connectivity index (χ2v) is 32.7. The van der Waals surface area contributed by atoms with E-state index in [0.29, 0.717) is 60.9 Å². The molecule has 8 fully saturated rings. The number of hydrogen-bond acceptors (Lipinski definition) is 17. The van der Waals surface area contributed by atoms with E-state index in [9.17, 15) is 33.6 Å². The molecule has 2 unspecified atom stereocenters. The summed E-state index contributed by atoms with van der Waals surface area (Å²) in [5.41, 5.74) is 16.0. The molecule has 2 N–H and O–H groups in total. The van der Waals surface area contributed by atoms with Crippen molar-refractivity contribution >= 4 is 75.5 Å². The molecule has 2 aromatic heterocycles. The zero-order valence-corrected chi connectivity index (χ0v) is 64.4. The predicted molar refractivity (Wildman–Crippen MR) is 420 cm³/mol. The highest BCUT2D eigenvalue weighted by molar-refractivity contribution is 6.24. The van der Waals surface area contributed by atoms with Crippen LogP contribution in [-0.4, -0.2) is 161 Å². The zero-order chi connectivity index (χ0) is 78.6. The lowest BCUT2D eigenvalue weighted by atomic mass is 9.92. The highest BCUT2D eigenvalue weighted by Crippen LogP contribution is 2.52. The Balaban J connectivity index is 0.000000164. The van der Waals surface area contributed by atoms with Crippen LogP contribution >= 0.6 is 0 Å². The number of benzene rings is 6. The van der Waals surface area contributed by atoms with Gasteiger partial charge in [-0.15, -0.1) is 0 Å². The highest BCUT2D eigenvalue weighted by Gasteiger charge is 2.54. The minimum Gasteiger partial charge on any atom is -0.366 e. The zero-order valence-electron chi connectivity index (χ0n) is 64.4. The fraction of sp³-hybridized carbons (Fsp3) is 0.420. The van der Waals surface area contributed by atoms with Gasteiger partial charge in [-0.1, -0.05) is 34.6 Å². The first kappa shape index (κ1) is 74.3. The molecule has 6 saturated heterocycles. The number of nitrogens with zero attached hydrogens (tertiary/aromatic N) is 12. The topological polar surface area (TPSA) is 230 Å². The molecule has 23 nitrogen and oxygen atoms in total. The molecular weight excluding hydrogens is 1440 g/mol. The summed E-state index contributed by atoms with van der Waals surface area (Å²) in [6.07, 6.45) is 8.24. The number of rotatable bonds is 18. The van der Waals surface area contributed by atoms with E-state index >= 15 is 8.78 Å². The monoisotopic (exact) mass is 1520 g/mol. The van der Waals surface area contributed by atoms with E-state index in [1.165, 1.54) is 22.6 Å². The van der Waals surface area contributed by atoms with Gasteiger partial charge in [0.2, 0.25) is 23.6 Å². The van der Waals surface area contributed by atoms with Gasteiger partial charge in [0.05, 0.1) is 33.9 Å². The minimum absolute atomic E-state index is 0.0192. The van der Waals surface area contributed by atoms with Gasteiger partial charge in [-0.25, -0.2) is 21.9 Å². The summed E-state index contributed by atoms with van der Waals surface area (Å²) < 4.78 is 42.1. The molecule has 2 saturated carbocycles. The van der Waals surface area contributed by atoms with Gasteiger partial charge in [-0.2, -0.15) is 0 Å². The Labute approximate surface area is 654 Å². The quantitative estimate of drug-likeness (QED) is 0.0601. The van der Waals surface area contributed by atoms with Gasteiger partial charge in [-0.05, 0) is 231 Å². The number of carbonyl (C=O) groups is 7. The van der Waals surface area contributed by atoms with Gasteiger partial charge in [0.25, 0.3) is 28.8 Å². The fourth-order valence-corrected chi connectivity index (χ4v) is 18.5. The molecular formula is C88H90F2N14O9. The lowest BCUT2D eigenvalue weighted by Gasteiger charge is -2.49. The van der Waals surface area contributed by atoms with Gasteiger partial charge in [0, 0.05) is 147 Å². The van der Waals surface area contributed by atoms with Crippen molar-refractivity contribution < 1.29 is 51.4 Å². The summed E-state index contributed by atoms with van der Waals surface area (Å²) in [7, 11) is 0. The molecule has 0 bridgehead atoms. The lowest BCUT2D eigenvalue weighted by molar-refractivity contribution is -0.138. The lowest BCUT2D eigenvalue weighted by Crippen LogP contribution is -2.61. The van der Waals surface area contributed by atoms with Gasteiger partial charge >= 0.3 is 0 Å². The number of imide groups is 3. The van der Waals surface area contributed by atoms with E-state index in [1.54, 1.807) is 6.07 Å². The first-order valence-electron chi connectivity index (χ1n) is 39.6. The number of carbonyl (C=O) groups excluding carboxylic acids is 7. The largest absolute Gasteiger partial charge is 0.366 e. The maximum Gasteiger partial charge on any atom is 0.262 e. The Morgan fingerprint density at radius 3 is 1.33 bits per heavy atom. The van der Waals surface area contributed by atoms with E-state index in [4.69, 9.17) is 22.2 Å². The molecule has 580 valence electrons. The van der Waals surface area contributed by atoms with E-state index in [0.717, 1.165) is 186 Å². The molecule has 25 heteroatoms. The Kier molecular flexibility index (Phi) is 19.3. The van der Waals surface area contributed by atoms with Gasteiger partial charge in [0.1, 0.15) is 35.2 Å². The summed E-state index contributed by atoms with van der Waals surface area (Å²) in [5, 5.41) is 12.9. The number of halogens is 2. The molecule has 0 radical (unpaired) electrons. The Morgan fingerprint density at radius 2 is 0.920 bits per heavy atom. The standard InChI is InChI=1S/C44H44FN7O5.C44H46FN7O4/c1-25-5-6-29(40-26(2)48-57-27(40)3)19-37(25)51(31-9-7-30(8-10-31)44(46-4)15-16-44)22-28-13-17-49(18-14-28)32-23-50(24-32)38-21-34-33(20-35(38)45)42(55)52(43(34)56)36-11-12-39(53)47-41(36)54;1-26-5-6-30(41-27(2)48-56-28(41)3)19-38(26)51(33-9-7-32(8-10-33)44(46-4)15-16-44)22-29-13-17-49(18-14-29)34-24-50(25-34)39-20-31-23-52(43(55)35(31)21-36(39)45)37-11-12-40(53)47-42(37)54/h5-10,19-21,28,32,36H,11-18,22-24H2,1-3H3,(H,47,53,54);5-10,19-21,29,34,37H,11-18,22-25H2,1-3H3,(H,47,53,54). The van der Waals surface area contributed by atoms with Crippen molar-refractivity contribution in [2.24, 2.45) is 11.8 Å². The predicted octanol–water partition coefficient (Wildman–Crippen LogP) is 13.3. The maximum atomic E-state index is 15.5. The minimum atomic E-state index is -1.10. The van der Waals surface area contributed by atoms with Crippen molar-refractivity contribution in [3.8, 4) is 22.3 Å². The van der Waals surface area contributed by atoms with Crippen molar-refractivity contribution in [1.29, 1.82) is 0 Å². The molecule has 10 aliphatic rings. The third kappa shape index (κ3) is 13.8. The van der Waals surface area contributed by atoms with Gasteiger partial charge < -0.3 is 43.2 Å². The molecule has 113 heavy (non-hydrogen) atoms. The molecule has 0 spiro atoms. The number of aromatic nitrogens is 2. The number of nitrogens with one attached hydrogen (secondary N) is 2. The first-order chi connectivity index (χ1) is 54.5. The second-order valence-electron chi connectivity index (χ2n) is 32.7. The number of aryl methyl sites for hydroxylation is 6. The molecule has 10 heterocycles. The van der Waals surface area contributed by atoms with Crippen LogP contribution < -0.4 is 30.2 Å². The third-order valence-corrected chi connectivity index (χ3v) is 25.7. The van der Waals surface area contributed by atoms with Crippen LogP contribution in [0, 0.1) is 78.2 Å². The number of hydrogen-bond donors (Lipinski definition) is 2. The Bertz CT molecular complexity index is 5260. The fourth-order valence-electron chi connectivity index (χ4n) is 18.5. The van der Waals surface area contributed by atoms with Crippen LogP contribution in [0.2, 0.25) is 0 Å². The van der Waals surface area contributed by atoms with Crippen LogP contribution in [0.4, 0.5) is 42.9 Å². The average molecular weight is 1530 g/mol. The normalized spacial score (nSPS) is 21.1. The maximum absolute atomic E-state index is 15.5. The smallest absolute Gasteiger partial charge is 0.262 e. The van der Waals surface area contributed by atoms with Crippen molar-refractivity contribution in [3.63, 3.8) is 0 Å². The average Bonchev–Trinajstić information content (AvgIpc) is 1.37. The number of amides is 7. The second kappa shape index (κ2) is 29.3. The van der Waals surface area contributed by atoms with Crippen LogP contribution in [0.25, 0.3) is 31.9 Å². The molecule has 2 atom stereocenters. The van der Waals surface area contributed by atoms with Gasteiger partial charge in [0.15, 0.2) is 0 Å². The van der Waals surface area contributed by atoms with Crippen LogP contribution in [0.1, 0.15) is 159 Å². The van der Waals surface area contributed by atoms with E-state index in [1.807, 2.05) is 37.5 Å². The van der Waals surface area contributed by atoms with Crippen molar-refractivity contribution in [2.75, 3.05) is 85.0 Å². The van der Waals surface area contributed by atoms with E-state index < -0.39 is 53.3 Å². The summed E-state index contributed by atoms with van der Waals surface area (Å²) in [6, 6.07) is 34.7. The third-order valence-electron chi connectivity index (χ3n) is 25.7. The molecule has 8 aromatic rings. The summed E-state index contributed by atoms with van der Waals surface area (Å²) >= 11 is 0. The number of anilines is 6. The van der Waals surface area contributed by atoms with Crippen molar-refractivity contribution in [3.05, 3.63) is 211 Å². The van der Waals surface area contributed by atoms with Crippen molar-refractivity contribution in [1.82, 2.24) is 40.5 Å². The Morgan fingerprint density at radius 1 is 0.504 bits per heavy atom. The number of likely N-dealkylation sites (tertiary alicyclic amines) is 2. The first-order valence-corrected chi connectivity index (χ1v) is 39.6. The molecule has 8 aliphatic heterocycles. The molecule has 6 aromatic carbocycles. The summed E-state index contributed by atoms with van der Waals surface area (Å²) in [5.74, 6) is -2.22. The summed E-state index contributed by atoms with van der Waals surface area (Å²) in [6.45, 7) is 35.9.